The minimum atomic E-state index is 0.685. The average molecular weight is 276 g/mol. The lowest BCUT2D eigenvalue weighted by molar-refractivity contribution is 0.483. The van der Waals surface area contributed by atoms with Crippen LogP contribution < -0.4 is 4.90 Å². The van der Waals surface area contributed by atoms with Crippen molar-refractivity contribution >= 4 is 32.4 Å². The Labute approximate surface area is 104 Å². The highest BCUT2D eigenvalue weighted by molar-refractivity contribution is 9.10. The number of halogens is 1. The van der Waals surface area contributed by atoms with Gasteiger partial charge in [0.1, 0.15) is 0 Å². The van der Waals surface area contributed by atoms with Crippen molar-refractivity contribution in [1.29, 1.82) is 0 Å². The van der Waals surface area contributed by atoms with Crippen molar-refractivity contribution in [3.05, 3.63) is 40.9 Å². The summed E-state index contributed by atoms with van der Waals surface area (Å²) < 4.78 is 1.18. The van der Waals surface area contributed by atoms with E-state index in [1.54, 1.807) is 0 Å². The van der Waals surface area contributed by atoms with Gasteiger partial charge in [0, 0.05) is 28.1 Å². The molecule has 0 bridgehead atoms. The third-order valence-corrected chi connectivity index (χ3v) is 4.17. The first kappa shape index (κ1) is 10.2. The normalized spacial score (nSPS) is 19.9. The third-order valence-electron chi connectivity index (χ3n) is 3.48. The Kier molecular flexibility index (Phi) is 2.40. The van der Waals surface area contributed by atoms with E-state index < -0.39 is 0 Å². The van der Waals surface area contributed by atoms with Gasteiger partial charge in [-0.3, -0.25) is 0 Å². The van der Waals surface area contributed by atoms with Crippen LogP contribution in [0.25, 0.3) is 10.8 Å². The van der Waals surface area contributed by atoms with E-state index in [0.717, 1.165) is 0 Å². The SMILES string of the molecule is CC1CCN1c1ccc(Br)c2ccccc12. The van der Waals surface area contributed by atoms with Crippen LogP contribution in [0.4, 0.5) is 5.69 Å². The summed E-state index contributed by atoms with van der Waals surface area (Å²) in [5.74, 6) is 0. The fourth-order valence-corrected chi connectivity index (χ4v) is 2.85. The van der Waals surface area contributed by atoms with Crippen molar-refractivity contribution in [3.63, 3.8) is 0 Å². The molecule has 1 nitrogen and oxygen atoms in total. The Balaban J connectivity index is 2.22. The molecule has 0 radical (unpaired) electrons. The Hall–Kier alpha value is -1.02. The maximum atomic E-state index is 3.62. The van der Waals surface area contributed by atoms with Crippen LogP contribution in [0.15, 0.2) is 40.9 Å². The van der Waals surface area contributed by atoms with E-state index in [-0.39, 0.29) is 0 Å². The number of rotatable bonds is 1. The van der Waals surface area contributed by atoms with Gasteiger partial charge in [0.2, 0.25) is 0 Å². The van der Waals surface area contributed by atoms with Crippen LogP contribution in [-0.4, -0.2) is 12.6 Å². The quantitative estimate of drug-likeness (QED) is 0.754. The van der Waals surface area contributed by atoms with Crippen LogP contribution >= 0.6 is 15.9 Å². The van der Waals surface area contributed by atoms with Crippen LogP contribution in [0.1, 0.15) is 13.3 Å². The van der Waals surface area contributed by atoms with Gasteiger partial charge in [-0.25, -0.2) is 0 Å². The van der Waals surface area contributed by atoms with Crippen LogP contribution in [0.3, 0.4) is 0 Å². The smallest absolute Gasteiger partial charge is 0.0449 e. The molecule has 0 aliphatic carbocycles. The summed E-state index contributed by atoms with van der Waals surface area (Å²) in [5, 5.41) is 2.66. The first-order valence-corrected chi connectivity index (χ1v) is 6.50. The molecule has 2 aromatic carbocycles. The lowest BCUT2D eigenvalue weighted by Crippen LogP contribution is -2.45. The van der Waals surface area contributed by atoms with Gasteiger partial charge in [0.25, 0.3) is 0 Å². The number of hydrogen-bond acceptors (Lipinski definition) is 1. The zero-order valence-electron chi connectivity index (χ0n) is 9.28. The summed E-state index contributed by atoms with van der Waals surface area (Å²) in [6, 6.07) is 13.7. The molecule has 0 saturated carbocycles. The van der Waals surface area contributed by atoms with E-state index in [0.29, 0.717) is 6.04 Å². The van der Waals surface area contributed by atoms with Crippen molar-refractivity contribution in [1.82, 2.24) is 0 Å². The summed E-state index contributed by atoms with van der Waals surface area (Å²) >= 11 is 3.62. The maximum absolute atomic E-state index is 3.62. The summed E-state index contributed by atoms with van der Waals surface area (Å²) in [4.78, 5) is 2.48. The van der Waals surface area contributed by atoms with E-state index in [1.807, 2.05) is 0 Å². The molecule has 1 aliphatic heterocycles. The molecule has 1 heterocycles. The fraction of sp³-hybridized carbons (Fsp3) is 0.286. The lowest BCUT2D eigenvalue weighted by atomic mass is 10.0. The van der Waals surface area contributed by atoms with Gasteiger partial charge in [-0.15, -0.1) is 0 Å². The average Bonchev–Trinajstić information content (AvgIpc) is 2.31. The molecule has 2 heteroatoms. The molecule has 1 saturated heterocycles. The molecule has 1 unspecified atom stereocenters. The van der Waals surface area contributed by atoms with Crippen LogP contribution in [0.5, 0.6) is 0 Å². The summed E-state index contributed by atoms with van der Waals surface area (Å²) in [6.45, 7) is 3.48. The Bertz CT molecular complexity index is 535. The highest BCUT2D eigenvalue weighted by Gasteiger charge is 2.24. The first-order valence-electron chi connectivity index (χ1n) is 5.71. The molecule has 2 aromatic rings. The third kappa shape index (κ3) is 1.44. The molecule has 0 N–H and O–H groups in total. The number of hydrogen-bond donors (Lipinski definition) is 0. The second kappa shape index (κ2) is 3.77. The van der Waals surface area contributed by atoms with E-state index >= 15 is 0 Å². The molecule has 0 amide bonds. The van der Waals surface area contributed by atoms with Crippen LogP contribution in [0, 0.1) is 0 Å². The molecular formula is C14H14BrN. The highest BCUT2D eigenvalue weighted by Crippen LogP contribution is 2.36. The minimum Gasteiger partial charge on any atom is -0.368 e. The van der Waals surface area contributed by atoms with Crippen molar-refractivity contribution in [3.8, 4) is 0 Å². The van der Waals surface area contributed by atoms with Crippen molar-refractivity contribution < 1.29 is 0 Å². The Morgan fingerprint density at radius 1 is 1.12 bits per heavy atom. The van der Waals surface area contributed by atoms with Gasteiger partial charge in [-0.1, -0.05) is 40.2 Å². The number of fused-ring (bicyclic) bond motifs is 1. The zero-order valence-corrected chi connectivity index (χ0v) is 10.9. The number of anilines is 1. The van der Waals surface area contributed by atoms with Crippen LogP contribution in [-0.2, 0) is 0 Å². The molecule has 0 aromatic heterocycles. The van der Waals surface area contributed by atoms with E-state index in [4.69, 9.17) is 0 Å². The van der Waals surface area contributed by atoms with Gasteiger partial charge in [-0.05, 0) is 30.9 Å². The standard InChI is InChI=1S/C14H14BrN/c1-10-8-9-16(10)14-7-6-13(15)11-4-2-3-5-12(11)14/h2-7,10H,8-9H2,1H3. The van der Waals surface area contributed by atoms with Crippen LogP contribution in [0.2, 0.25) is 0 Å². The van der Waals surface area contributed by atoms with Gasteiger partial charge in [0.15, 0.2) is 0 Å². The predicted molar refractivity (Wildman–Crippen MR) is 73.1 cm³/mol. The lowest BCUT2D eigenvalue weighted by Gasteiger charge is -2.41. The van der Waals surface area contributed by atoms with Gasteiger partial charge < -0.3 is 4.90 Å². The first-order chi connectivity index (χ1) is 7.77. The van der Waals surface area contributed by atoms with Crippen molar-refractivity contribution in [2.24, 2.45) is 0 Å². The molecular weight excluding hydrogens is 262 g/mol. The summed E-state index contributed by atoms with van der Waals surface area (Å²) in [5.41, 5.74) is 1.37. The van der Waals surface area contributed by atoms with Gasteiger partial charge >= 0.3 is 0 Å². The summed E-state index contributed by atoms with van der Waals surface area (Å²) in [6.07, 6.45) is 1.31. The molecule has 16 heavy (non-hydrogen) atoms. The largest absolute Gasteiger partial charge is 0.368 e. The van der Waals surface area contributed by atoms with Gasteiger partial charge in [0.05, 0.1) is 0 Å². The molecule has 1 atom stereocenters. The number of nitrogens with zero attached hydrogens (tertiary/aromatic N) is 1. The summed E-state index contributed by atoms with van der Waals surface area (Å²) in [7, 11) is 0. The fourth-order valence-electron chi connectivity index (χ4n) is 2.37. The highest BCUT2D eigenvalue weighted by atomic mass is 79.9. The van der Waals surface area contributed by atoms with E-state index in [1.165, 1.54) is 33.9 Å². The molecule has 82 valence electrons. The maximum Gasteiger partial charge on any atom is 0.0449 e. The Morgan fingerprint density at radius 3 is 2.50 bits per heavy atom. The van der Waals surface area contributed by atoms with E-state index in [9.17, 15) is 0 Å². The monoisotopic (exact) mass is 275 g/mol. The second-order valence-corrected chi connectivity index (χ2v) is 5.30. The van der Waals surface area contributed by atoms with Gasteiger partial charge in [-0.2, -0.15) is 0 Å². The minimum absolute atomic E-state index is 0.685. The topological polar surface area (TPSA) is 3.24 Å². The zero-order chi connectivity index (χ0) is 11.1. The van der Waals surface area contributed by atoms with Crippen molar-refractivity contribution in [2.75, 3.05) is 11.4 Å². The molecule has 0 spiro atoms. The van der Waals surface area contributed by atoms with E-state index in [2.05, 4.69) is 64.2 Å². The Morgan fingerprint density at radius 2 is 1.88 bits per heavy atom. The van der Waals surface area contributed by atoms with Crippen molar-refractivity contribution in [2.45, 2.75) is 19.4 Å². The second-order valence-electron chi connectivity index (χ2n) is 4.44. The molecule has 1 aliphatic rings. The molecule has 3 rings (SSSR count). The number of benzene rings is 2. The molecule has 1 fully saturated rings. The predicted octanol–water partition coefficient (Wildman–Crippen LogP) is 4.20.